The van der Waals surface area contributed by atoms with Crippen LogP contribution < -0.4 is 5.32 Å². The van der Waals surface area contributed by atoms with Gasteiger partial charge in [0.15, 0.2) is 11.6 Å². The standard InChI is InChI=1S/C23H21N5O2S/c1-4-28-16-9-6-5-8-15(16)26-18(28)12-24-22(29)20-13(2)19-14(3)25-21(27-23(19)31-20)17-10-7-11-30-17/h5-11H,4,12H2,1-3H3,(H,24,29). The summed E-state index contributed by atoms with van der Waals surface area (Å²) in [5, 5.41) is 3.96. The minimum absolute atomic E-state index is 0.130. The summed E-state index contributed by atoms with van der Waals surface area (Å²) in [5.74, 6) is 1.85. The number of nitrogens with one attached hydrogen (secondary N) is 1. The Labute approximate surface area is 182 Å². The van der Waals surface area contributed by atoms with Gasteiger partial charge >= 0.3 is 0 Å². The number of aromatic nitrogens is 4. The van der Waals surface area contributed by atoms with Crippen LogP contribution >= 0.6 is 11.3 Å². The predicted octanol–water partition coefficient (Wildman–Crippen LogP) is 4.87. The highest BCUT2D eigenvalue weighted by Crippen LogP contribution is 2.33. The molecule has 0 unspecified atom stereocenters. The van der Waals surface area contributed by atoms with E-state index < -0.39 is 0 Å². The van der Waals surface area contributed by atoms with E-state index in [1.54, 1.807) is 12.3 Å². The number of amides is 1. The van der Waals surface area contributed by atoms with E-state index in [0.717, 1.165) is 44.9 Å². The van der Waals surface area contributed by atoms with Gasteiger partial charge in [0.25, 0.3) is 5.91 Å². The lowest BCUT2D eigenvalue weighted by molar-refractivity contribution is 0.0953. The maximum atomic E-state index is 13.0. The maximum Gasteiger partial charge on any atom is 0.262 e. The minimum Gasteiger partial charge on any atom is -0.461 e. The molecule has 0 fully saturated rings. The summed E-state index contributed by atoms with van der Waals surface area (Å²) >= 11 is 1.38. The molecular weight excluding hydrogens is 410 g/mol. The van der Waals surface area contributed by atoms with Crippen LogP contribution in [0.25, 0.3) is 32.8 Å². The van der Waals surface area contributed by atoms with Crippen molar-refractivity contribution in [2.75, 3.05) is 0 Å². The van der Waals surface area contributed by atoms with Crippen LogP contribution in [-0.4, -0.2) is 25.4 Å². The summed E-state index contributed by atoms with van der Waals surface area (Å²) in [4.78, 5) is 28.4. The molecule has 0 bridgehead atoms. The summed E-state index contributed by atoms with van der Waals surface area (Å²) < 4.78 is 7.56. The molecule has 5 rings (SSSR count). The molecule has 4 aromatic heterocycles. The molecule has 0 aliphatic rings. The van der Waals surface area contributed by atoms with Crippen molar-refractivity contribution in [2.45, 2.75) is 33.9 Å². The number of carbonyl (C=O) groups is 1. The number of carbonyl (C=O) groups excluding carboxylic acids is 1. The third-order valence-electron chi connectivity index (χ3n) is 5.38. The van der Waals surface area contributed by atoms with E-state index in [-0.39, 0.29) is 5.91 Å². The number of furan rings is 1. The SMILES string of the molecule is CCn1c(CNC(=O)c2sc3nc(-c4ccco4)nc(C)c3c2C)nc2ccccc21. The Hall–Kier alpha value is -3.52. The van der Waals surface area contributed by atoms with Crippen LogP contribution in [0.2, 0.25) is 0 Å². The molecule has 0 spiro atoms. The molecule has 7 nitrogen and oxygen atoms in total. The summed E-state index contributed by atoms with van der Waals surface area (Å²) in [6.45, 7) is 7.10. The third-order valence-corrected chi connectivity index (χ3v) is 6.56. The molecule has 1 N–H and O–H groups in total. The van der Waals surface area contributed by atoms with Crippen molar-refractivity contribution in [3.8, 4) is 11.6 Å². The largest absolute Gasteiger partial charge is 0.461 e. The summed E-state index contributed by atoms with van der Waals surface area (Å²) in [6.07, 6.45) is 1.60. The van der Waals surface area contributed by atoms with Gasteiger partial charge in [-0.05, 0) is 50.6 Å². The molecule has 8 heteroatoms. The van der Waals surface area contributed by atoms with Gasteiger partial charge in [-0.3, -0.25) is 4.79 Å². The van der Waals surface area contributed by atoms with Gasteiger partial charge in [0.2, 0.25) is 0 Å². The number of rotatable bonds is 5. The second-order valence-corrected chi connectivity index (χ2v) is 8.29. The van der Waals surface area contributed by atoms with E-state index in [9.17, 15) is 4.79 Å². The first kappa shape index (κ1) is 19.4. The molecule has 0 aliphatic heterocycles. The average Bonchev–Trinajstić information content (AvgIpc) is 3.49. The molecule has 0 saturated heterocycles. The lowest BCUT2D eigenvalue weighted by Crippen LogP contribution is -2.24. The Balaban J connectivity index is 1.45. The van der Waals surface area contributed by atoms with Crippen molar-refractivity contribution in [2.24, 2.45) is 0 Å². The van der Waals surface area contributed by atoms with E-state index >= 15 is 0 Å². The highest BCUT2D eigenvalue weighted by atomic mass is 32.1. The Bertz CT molecular complexity index is 1420. The van der Waals surface area contributed by atoms with Gasteiger partial charge in [-0.1, -0.05) is 12.1 Å². The molecule has 1 amide bonds. The fourth-order valence-corrected chi connectivity index (χ4v) is 5.07. The first-order chi connectivity index (χ1) is 15.1. The fourth-order valence-electron chi connectivity index (χ4n) is 3.92. The molecule has 0 atom stereocenters. The number of nitrogens with zero attached hydrogens (tertiary/aromatic N) is 4. The van der Waals surface area contributed by atoms with Crippen LogP contribution in [0.5, 0.6) is 0 Å². The average molecular weight is 432 g/mol. The molecule has 0 saturated carbocycles. The van der Waals surface area contributed by atoms with Crippen LogP contribution in [0.15, 0.2) is 47.1 Å². The zero-order valence-electron chi connectivity index (χ0n) is 17.5. The molecule has 31 heavy (non-hydrogen) atoms. The van der Waals surface area contributed by atoms with E-state index in [1.165, 1.54) is 11.3 Å². The van der Waals surface area contributed by atoms with Crippen molar-refractivity contribution in [1.82, 2.24) is 24.8 Å². The number of para-hydroxylation sites is 2. The van der Waals surface area contributed by atoms with E-state index in [4.69, 9.17) is 4.42 Å². The number of hydrogen-bond donors (Lipinski definition) is 1. The number of imidazole rings is 1. The molecular formula is C23H21N5O2S. The van der Waals surface area contributed by atoms with Crippen LogP contribution in [0.1, 0.15) is 33.7 Å². The van der Waals surface area contributed by atoms with Crippen molar-refractivity contribution >= 4 is 38.5 Å². The molecule has 0 aliphatic carbocycles. The van der Waals surface area contributed by atoms with Crippen molar-refractivity contribution < 1.29 is 9.21 Å². The second-order valence-electron chi connectivity index (χ2n) is 7.29. The van der Waals surface area contributed by atoms with E-state index in [0.29, 0.717) is 23.0 Å². The van der Waals surface area contributed by atoms with Crippen molar-refractivity contribution in [3.05, 3.63) is 64.6 Å². The minimum atomic E-state index is -0.130. The first-order valence-electron chi connectivity index (χ1n) is 10.1. The highest BCUT2D eigenvalue weighted by molar-refractivity contribution is 7.20. The molecule has 4 heterocycles. The normalized spacial score (nSPS) is 11.5. The Morgan fingerprint density at radius 3 is 2.74 bits per heavy atom. The van der Waals surface area contributed by atoms with Gasteiger partial charge in [-0.15, -0.1) is 11.3 Å². The summed E-state index contributed by atoms with van der Waals surface area (Å²) in [5.41, 5.74) is 3.73. The van der Waals surface area contributed by atoms with Crippen molar-refractivity contribution in [3.63, 3.8) is 0 Å². The second kappa shape index (κ2) is 7.63. The smallest absolute Gasteiger partial charge is 0.262 e. The predicted molar refractivity (Wildman–Crippen MR) is 121 cm³/mol. The van der Waals surface area contributed by atoms with Crippen LogP contribution in [-0.2, 0) is 13.1 Å². The topological polar surface area (TPSA) is 85.8 Å². The number of aryl methyl sites for hydroxylation is 3. The van der Waals surface area contributed by atoms with E-state index in [2.05, 4.69) is 31.8 Å². The highest BCUT2D eigenvalue weighted by Gasteiger charge is 2.20. The fraction of sp³-hybridized carbons (Fsp3) is 0.217. The van der Waals surface area contributed by atoms with Gasteiger partial charge in [-0.2, -0.15) is 0 Å². The van der Waals surface area contributed by atoms with Gasteiger partial charge in [0.1, 0.15) is 10.7 Å². The summed E-state index contributed by atoms with van der Waals surface area (Å²) in [6, 6.07) is 11.6. The van der Waals surface area contributed by atoms with Crippen LogP contribution in [0.3, 0.4) is 0 Å². The number of benzene rings is 1. The monoisotopic (exact) mass is 431 g/mol. The molecule has 0 radical (unpaired) electrons. The van der Waals surface area contributed by atoms with Gasteiger partial charge < -0.3 is 14.3 Å². The van der Waals surface area contributed by atoms with Crippen LogP contribution in [0, 0.1) is 13.8 Å². The Morgan fingerprint density at radius 1 is 1.13 bits per heavy atom. The zero-order valence-corrected chi connectivity index (χ0v) is 18.3. The number of thiophene rings is 1. The third kappa shape index (κ3) is 3.29. The van der Waals surface area contributed by atoms with Gasteiger partial charge in [0.05, 0.1) is 34.4 Å². The van der Waals surface area contributed by atoms with E-state index in [1.807, 2.05) is 44.2 Å². The van der Waals surface area contributed by atoms with Crippen molar-refractivity contribution in [1.29, 1.82) is 0 Å². The lowest BCUT2D eigenvalue weighted by atomic mass is 10.1. The number of fused-ring (bicyclic) bond motifs is 2. The lowest BCUT2D eigenvalue weighted by Gasteiger charge is -2.07. The Kier molecular flexibility index (Phi) is 4.78. The van der Waals surface area contributed by atoms with Gasteiger partial charge in [0, 0.05) is 11.9 Å². The van der Waals surface area contributed by atoms with Crippen LogP contribution in [0.4, 0.5) is 0 Å². The maximum absolute atomic E-state index is 13.0. The quantitative estimate of drug-likeness (QED) is 0.429. The zero-order chi connectivity index (χ0) is 21.5. The molecule has 5 aromatic rings. The van der Waals surface area contributed by atoms with Gasteiger partial charge in [-0.25, -0.2) is 15.0 Å². The molecule has 1 aromatic carbocycles. The molecule has 156 valence electrons. The summed E-state index contributed by atoms with van der Waals surface area (Å²) in [7, 11) is 0. The first-order valence-corrected chi connectivity index (χ1v) is 10.9. The Morgan fingerprint density at radius 2 is 1.97 bits per heavy atom. The number of hydrogen-bond acceptors (Lipinski definition) is 6.